The van der Waals surface area contributed by atoms with Crippen molar-refractivity contribution in [3.8, 4) is 6.07 Å². The molecule has 0 radical (unpaired) electrons. The van der Waals surface area contributed by atoms with Crippen LogP contribution in [0.5, 0.6) is 0 Å². The molecule has 4 atom stereocenters. The molecule has 8 rings (SSSR count). The van der Waals surface area contributed by atoms with Crippen molar-refractivity contribution in [2.24, 2.45) is 17.6 Å². The van der Waals surface area contributed by atoms with Crippen molar-refractivity contribution in [1.29, 1.82) is 5.26 Å². The third-order valence-electron chi connectivity index (χ3n) is 14.2. The Labute approximate surface area is 418 Å². The maximum absolute atomic E-state index is 14.2. The van der Waals surface area contributed by atoms with Gasteiger partial charge >= 0.3 is 0 Å². The summed E-state index contributed by atoms with van der Waals surface area (Å²) in [6.07, 6.45) is 7.97. The molecule has 4 fully saturated rings. The van der Waals surface area contributed by atoms with Crippen molar-refractivity contribution in [3.63, 3.8) is 0 Å². The number of rotatable bonds is 15. The SMILES string of the molecule is Cc1cn([C@H](C(=O)N2C[C@H](O)C[C@H]2C(=O)N[C@@H](CCN2CCN(C(=O)C3CCN(c4nccc(Sc5cnc(N6CCC(C)(N)CC6)c(CO)n5)c4Cl)CC3)CC2)c2ccc(C#N)cc2)C(C)C)nn1. The van der Waals surface area contributed by atoms with Crippen LogP contribution in [-0.4, -0.2) is 156 Å². The predicted molar refractivity (Wildman–Crippen MR) is 265 cm³/mol. The Morgan fingerprint density at radius 2 is 1.70 bits per heavy atom. The Balaban J connectivity index is 0.836. The molecular weight excluding hydrogens is 932 g/mol. The second kappa shape index (κ2) is 22.3. The molecule has 5 N–H and O–H groups in total. The molecule has 4 aliphatic rings. The van der Waals surface area contributed by atoms with Crippen molar-refractivity contribution in [2.45, 2.75) is 113 Å². The second-order valence-corrected chi connectivity index (χ2v) is 21.2. The van der Waals surface area contributed by atoms with Crippen LogP contribution in [-0.2, 0) is 21.0 Å². The molecule has 4 aliphatic heterocycles. The number of nitrogens with one attached hydrogen (secondary N) is 1. The molecule has 1 aromatic carbocycles. The number of piperidine rings is 2. The minimum Gasteiger partial charge on any atom is -0.391 e. The van der Waals surface area contributed by atoms with Crippen molar-refractivity contribution >= 4 is 52.7 Å². The summed E-state index contributed by atoms with van der Waals surface area (Å²) in [5.41, 5.74) is 8.65. The number of β-amino-alcohol motifs (C(OH)–C–C–N with tert-alkyl or cyclic N) is 1. The minimum absolute atomic E-state index is 0.0340. The largest absolute Gasteiger partial charge is 0.391 e. The Bertz CT molecular complexity index is 2510. The van der Waals surface area contributed by atoms with Gasteiger partial charge in [-0.1, -0.05) is 54.6 Å². The molecule has 3 aromatic heterocycles. The summed E-state index contributed by atoms with van der Waals surface area (Å²) in [5, 5.41) is 43.0. The first kappa shape index (κ1) is 50.9. The number of pyridine rings is 1. The van der Waals surface area contributed by atoms with Gasteiger partial charge in [0.1, 0.15) is 28.6 Å². The van der Waals surface area contributed by atoms with Crippen molar-refractivity contribution in [2.75, 3.05) is 75.2 Å². The van der Waals surface area contributed by atoms with E-state index in [4.69, 9.17) is 27.3 Å². The van der Waals surface area contributed by atoms with Crippen molar-refractivity contribution in [3.05, 3.63) is 76.5 Å². The molecule has 7 heterocycles. The highest BCUT2D eigenvalue weighted by Gasteiger charge is 2.43. The van der Waals surface area contributed by atoms with Crippen LogP contribution in [0, 0.1) is 30.1 Å². The number of aliphatic hydroxyl groups excluding tert-OH is 2. The molecule has 0 spiro atoms. The van der Waals surface area contributed by atoms with Crippen LogP contribution in [0.15, 0.2) is 58.8 Å². The molecule has 0 aliphatic carbocycles. The van der Waals surface area contributed by atoms with Gasteiger partial charge in [-0.25, -0.2) is 19.6 Å². The van der Waals surface area contributed by atoms with Gasteiger partial charge in [0.2, 0.25) is 17.7 Å². The van der Waals surface area contributed by atoms with Gasteiger partial charge in [0, 0.05) is 101 Å². The number of aromatic nitrogens is 6. The topological polar surface area (TPSA) is 239 Å². The highest BCUT2D eigenvalue weighted by molar-refractivity contribution is 7.99. The van der Waals surface area contributed by atoms with Crippen LogP contribution in [0.3, 0.4) is 0 Å². The molecule has 21 heteroatoms. The summed E-state index contributed by atoms with van der Waals surface area (Å²) < 4.78 is 1.54. The molecule has 19 nitrogen and oxygen atoms in total. The number of aliphatic hydroxyl groups is 2. The summed E-state index contributed by atoms with van der Waals surface area (Å²) in [7, 11) is 0. The number of amides is 3. The van der Waals surface area contributed by atoms with E-state index in [9.17, 15) is 29.9 Å². The summed E-state index contributed by atoms with van der Waals surface area (Å²) in [4.78, 5) is 67.0. The van der Waals surface area contributed by atoms with Crippen LogP contribution in [0.1, 0.15) is 93.9 Å². The molecule has 0 saturated carbocycles. The van der Waals surface area contributed by atoms with Gasteiger partial charge in [-0.15, -0.1) is 5.10 Å². The lowest BCUT2D eigenvalue weighted by Gasteiger charge is -2.39. The number of aryl methyl sites for hydroxylation is 1. The van der Waals surface area contributed by atoms with E-state index in [1.807, 2.05) is 36.9 Å². The lowest BCUT2D eigenvalue weighted by molar-refractivity contribution is -0.142. The summed E-state index contributed by atoms with van der Waals surface area (Å²) in [5.74, 6) is 0.583. The molecule has 3 amide bonds. The fourth-order valence-electron chi connectivity index (χ4n) is 10.0. The minimum atomic E-state index is -0.881. The standard InChI is InChI=1S/C49H65ClN14O5S/c1-31(2)43(64-28-32(3)57-58-64)48(69)63-29-36(66)25-39(63)46(67)56-37(34-7-5-33(26-51)6-8-34)12-16-59-21-23-62(24-22-59)47(68)35-10-17-60(18-11-35)45-42(50)40(9-15-53-45)70-41-27-54-44(38(30-65)55-41)61-19-13-49(4,52)14-20-61/h5-9,15,27-28,31,35-37,39,43,65-66H,10-14,16-25,29-30,52H2,1-4H3,(H,56,67)/t36-,37+,39+,43+/m1/s1. The zero-order valence-corrected chi connectivity index (χ0v) is 42.0. The van der Waals surface area contributed by atoms with E-state index in [1.165, 1.54) is 21.3 Å². The number of piperazine rings is 1. The van der Waals surface area contributed by atoms with E-state index in [0.717, 1.165) is 36.4 Å². The average molecular weight is 998 g/mol. The summed E-state index contributed by atoms with van der Waals surface area (Å²) in [6, 6.07) is 9.14. The van der Waals surface area contributed by atoms with Gasteiger partial charge < -0.3 is 40.9 Å². The van der Waals surface area contributed by atoms with Crippen LogP contribution in [0.2, 0.25) is 5.02 Å². The van der Waals surface area contributed by atoms with E-state index in [0.29, 0.717) is 104 Å². The Morgan fingerprint density at radius 1 is 1.00 bits per heavy atom. The number of hydrogen-bond acceptors (Lipinski definition) is 16. The number of nitrogens with two attached hydrogens (primary N) is 1. The van der Waals surface area contributed by atoms with Crippen LogP contribution >= 0.6 is 23.4 Å². The normalized spacial score (nSPS) is 20.9. The summed E-state index contributed by atoms with van der Waals surface area (Å²) in [6.45, 7) is 13.4. The number of carbonyl (C=O) groups is 3. The number of carbonyl (C=O) groups excluding carboxylic acids is 3. The number of anilines is 2. The fourth-order valence-corrected chi connectivity index (χ4v) is 11.2. The third-order valence-corrected chi connectivity index (χ3v) is 15.6. The van der Waals surface area contributed by atoms with Gasteiger partial charge in [-0.05, 0) is 75.6 Å². The lowest BCUT2D eigenvalue weighted by Crippen LogP contribution is -2.52. The Morgan fingerprint density at radius 3 is 2.34 bits per heavy atom. The van der Waals surface area contributed by atoms with Crippen LogP contribution in [0.25, 0.3) is 0 Å². The van der Waals surface area contributed by atoms with E-state index in [1.54, 1.807) is 37.6 Å². The van der Waals surface area contributed by atoms with Crippen LogP contribution in [0.4, 0.5) is 11.6 Å². The zero-order valence-electron chi connectivity index (χ0n) is 40.5. The van der Waals surface area contributed by atoms with E-state index >= 15 is 0 Å². The predicted octanol–water partition coefficient (Wildman–Crippen LogP) is 3.73. The molecule has 70 heavy (non-hydrogen) atoms. The number of nitrogens with zero attached hydrogens (tertiary/aromatic N) is 12. The molecular formula is C49H65ClN14O5S. The first-order chi connectivity index (χ1) is 33.6. The van der Waals surface area contributed by atoms with E-state index in [2.05, 4.69) is 48.3 Å². The quantitative estimate of drug-likeness (QED) is 0.133. The molecule has 374 valence electrons. The highest BCUT2D eigenvalue weighted by Crippen LogP contribution is 2.39. The van der Waals surface area contributed by atoms with Crippen LogP contribution < -0.4 is 20.9 Å². The van der Waals surface area contributed by atoms with Gasteiger partial charge in [0.25, 0.3) is 0 Å². The molecule has 0 unspecified atom stereocenters. The third kappa shape index (κ3) is 11.8. The maximum atomic E-state index is 14.2. The summed E-state index contributed by atoms with van der Waals surface area (Å²) >= 11 is 8.38. The van der Waals surface area contributed by atoms with Gasteiger partial charge in [0.15, 0.2) is 5.82 Å². The monoisotopic (exact) mass is 996 g/mol. The Kier molecular flexibility index (Phi) is 16.3. The molecule has 4 saturated heterocycles. The highest BCUT2D eigenvalue weighted by atomic mass is 35.5. The number of hydrogen-bond donors (Lipinski definition) is 4. The number of likely N-dealkylation sites (tertiary alicyclic amines) is 1. The Hall–Kier alpha value is -5.43. The first-order valence-electron chi connectivity index (χ1n) is 24.4. The van der Waals surface area contributed by atoms with Crippen molar-refractivity contribution < 1.29 is 24.6 Å². The van der Waals surface area contributed by atoms with E-state index < -0.39 is 24.2 Å². The second-order valence-electron chi connectivity index (χ2n) is 19.8. The smallest absolute Gasteiger partial charge is 0.248 e. The first-order valence-corrected chi connectivity index (χ1v) is 25.6. The van der Waals surface area contributed by atoms with Gasteiger partial charge in [-0.3, -0.25) is 19.3 Å². The number of nitriles is 1. The van der Waals surface area contributed by atoms with Gasteiger partial charge in [0.05, 0.1) is 47.3 Å². The lowest BCUT2D eigenvalue weighted by atomic mass is 9.91. The maximum Gasteiger partial charge on any atom is 0.248 e. The van der Waals surface area contributed by atoms with E-state index in [-0.39, 0.29) is 54.7 Å². The van der Waals surface area contributed by atoms with Gasteiger partial charge in [-0.2, -0.15) is 5.26 Å². The molecule has 4 aromatic rings. The zero-order chi connectivity index (χ0) is 49.7. The fraction of sp³-hybridized carbons (Fsp3) is 0.571. The van der Waals surface area contributed by atoms with Crippen molar-refractivity contribution in [1.82, 2.24) is 50.0 Å². The molecule has 0 bridgehead atoms. The number of halogens is 1. The number of benzene rings is 1. The average Bonchev–Trinajstić information content (AvgIpc) is 3.98.